The topological polar surface area (TPSA) is 93.7 Å². The summed E-state index contributed by atoms with van der Waals surface area (Å²) in [6, 6.07) is 18.4. The summed E-state index contributed by atoms with van der Waals surface area (Å²) in [6.07, 6.45) is -0.291. The third-order valence-corrected chi connectivity index (χ3v) is 5.26. The summed E-state index contributed by atoms with van der Waals surface area (Å²) >= 11 is 1.66. The molecule has 0 aliphatic rings. The number of hydrogen-bond acceptors (Lipinski definition) is 6. The highest BCUT2D eigenvalue weighted by Crippen LogP contribution is 2.14. The Morgan fingerprint density at radius 1 is 0.935 bits per heavy atom. The van der Waals surface area contributed by atoms with Crippen LogP contribution in [0.2, 0.25) is 0 Å². The van der Waals surface area contributed by atoms with Crippen LogP contribution in [0.5, 0.6) is 0 Å². The van der Waals surface area contributed by atoms with Crippen LogP contribution in [-0.4, -0.2) is 42.9 Å². The average molecular weight is 445 g/mol. The van der Waals surface area contributed by atoms with E-state index in [2.05, 4.69) is 10.6 Å². The molecule has 31 heavy (non-hydrogen) atoms. The first kappa shape index (κ1) is 24.3. The lowest BCUT2D eigenvalue weighted by atomic mass is 10.2. The van der Waals surface area contributed by atoms with Gasteiger partial charge in [-0.2, -0.15) is 11.8 Å². The molecule has 0 radical (unpaired) electrons. The summed E-state index contributed by atoms with van der Waals surface area (Å²) < 4.78 is 10.0. The van der Waals surface area contributed by atoms with Gasteiger partial charge in [0, 0.05) is 5.75 Å². The standard InChI is InChI=1S/C23H28N2O5S/c1-2-29-21(26)15-24-22(27)20(13-14-31-17-19-11-7-4-8-12-19)25-23(28)30-16-18-9-5-3-6-10-18/h3-12,20H,2,13-17H2,1H3,(H,24,27)(H,25,28). The Bertz CT molecular complexity index is 817. The van der Waals surface area contributed by atoms with Crippen LogP contribution in [0.4, 0.5) is 4.79 Å². The van der Waals surface area contributed by atoms with Crippen molar-refractivity contribution in [3.8, 4) is 0 Å². The maximum atomic E-state index is 12.5. The Balaban J connectivity index is 1.84. The molecule has 2 aromatic carbocycles. The second kappa shape index (κ2) is 14.1. The van der Waals surface area contributed by atoms with Gasteiger partial charge in [-0.05, 0) is 30.2 Å². The van der Waals surface area contributed by atoms with E-state index in [0.717, 1.165) is 11.3 Å². The van der Waals surface area contributed by atoms with Gasteiger partial charge < -0.3 is 20.1 Å². The van der Waals surface area contributed by atoms with Crippen molar-refractivity contribution in [3.63, 3.8) is 0 Å². The highest BCUT2D eigenvalue weighted by atomic mass is 32.2. The fraction of sp³-hybridized carbons (Fsp3) is 0.348. The maximum absolute atomic E-state index is 12.5. The molecule has 0 bridgehead atoms. The van der Waals surface area contributed by atoms with Crippen LogP contribution in [0.1, 0.15) is 24.5 Å². The smallest absolute Gasteiger partial charge is 0.408 e. The molecule has 8 heteroatoms. The number of thioether (sulfide) groups is 1. The van der Waals surface area contributed by atoms with Crippen molar-refractivity contribution >= 4 is 29.7 Å². The molecule has 0 aliphatic carbocycles. The van der Waals surface area contributed by atoms with Crippen LogP contribution in [0, 0.1) is 0 Å². The van der Waals surface area contributed by atoms with Crippen LogP contribution >= 0.6 is 11.8 Å². The molecule has 7 nitrogen and oxygen atoms in total. The zero-order valence-electron chi connectivity index (χ0n) is 17.5. The number of amides is 2. The van der Waals surface area contributed by atoms with Crippen molar-refractivity contribution < 1.29 is 23.9 Å². The molecular weight excluding hydrogens is 416 g/mol. The van der Waals surface area contributed by atoms with E-state index in [-0.39, 0.29) is 19.8 Å². The fourth-order valence-electron chi connectivity index (χ4n) is 2.64. The van der Waals surface area contributed by atoms with Gasteiger partial charge in [0.1, 0.15) is 19.2 Å². The van der Waals surface area contributed by atoms with E-state index in [9.17, 15) is 14.4 Å². The minimum absolute atomic E-state index is 0.104. The SMILES string of the molecule is CCOC(=O)CNC(=O)C(CCSCc1ccccc1)NC(=O)OCc1ccccc1. The fourth-order valence-corrected chi connectivity index (χ4v) is 3.61. The van der Waals surface area contributed by atoms with Gasteiger partial charge in [0.25, 0.3) is 0 Å². The molecular formula is C23H28N2O5S. The Hall–Kier alpha value is -3.00. The number of benzene rings is 2. The highest BCUT2D eigenvalue weighted by Gasteiger charge is 2.22. The van der Waals surface area contributed by atoms with E-state index in [1.54, 1.807) is 18.7 Å². The van der Waals surface area contributed by atoms with Crippen molar-refractivity contribution in [3.05, 3.63) is 71.8 Å². The van der Waals surface area contributed by atoms with Crippen molar-refractivity contribution in [2.75, 3.05) is 18.9 Å². The van der Waals surface area contributed by atoms with Gasteiger partial charge in [0.05, 0.1) is 6.61 Å². The monoisotopic (exact) mass is 444 g/mol. The van der Waals surface area contributed by atoms with Crippen molar-refractivity contribution in [1.29, 1.82) is 0 Å². The number of esters is 1. The van der Waals surface area contributed by atoms with Gasteiger partial charge in [0.2, 0.25) is 5.91 Å². The van der Waals surface area contributed by atoms with Gasteiger partial charge >= 0.3 is 12.1 Å². The number of hydrogen-bond donors (Lipinski definition) is 2. The second-order valence-electron chi connectivity index (χ2n) is 6.61. The second-order valence-corrected chi connectivity index (χ2v) is 7.71. The van der Waals surface area contributed by atoms with Crippen LogP contribution in [-0.2, 0) is 31.4 Å². The lowest BCUT2D eigenvalue weighted by Crippen LogP contribution is -2.48. The Morgan fingerprint density at radius 2 is 1.58 bits per heavy atom. The van der Waals surface area contributed by atoms with Crippen molar-refractivity contribution in [2.24, 2.45) is 0 Å². The first-order chi connectivity index (χ1) is 15.1. The van der Waals surface area contributed by atoms with Crippen LogP contribution in [0.15, 0.2) is 60.7 Å². The number of rotatable bonds is 12. The normalized spacial score (nSPS) is 11.3. The Morgan fingerprint density at radius 3 is 2.23 bits per heavy atom. The van der Waals surface area contributed by atoms with Crippen molar-refractivity contribution in [1.82, 2.24) is 10.6 Å². The molecule has 0 spiro atoms. The molecule has 0 aliphatic heterocycles. The summed E-state index contributed by atoms with van der Waals surface area (Å²) in [5.41, 5.74) is 2.03. The minimum atomic E-state index is -0.819. The molecule has 0 heterocycles. The zero-order valence-corrected chi connectivity index (χ0v) is 18.4. The Labute approximate surface area is 186 Å². The lowest BCUT2D eigenvalue weighted by molar-refractivity contribution is -0.143. The summed E-state index contributed by atoms with van der Waals surface area (Å²) in [4.78, 5) is 36.3. The van der Waals surface area contributed by atoms with Crippen LogP contribution < -0.4 is 10.6 Å². The summed E-state index contributed by atoms with van der Waals surface area (Å²) in [5.74, 6) is 0.465. The zero-order chi connectivity index (χ0) is 22.3. The molecule has 2 amide bonds. The molecule has 1 atom stereocenters. The number of alkyl carbamates (subject to hydrolysis) is 1. The molecule has 2 aromatic rings. The number of carbonyl (C=O) groups excluding carboxylic acids is 3. The molecule has 0 saturated heterocycles. The summed E-state index contributed by atoms with van der Waals surface area (Å²) in [5, 5.41) is 5.11. The van der Waals surface area contributed by atoms with Crippen LogP contribution in [0.3, 0.4) is 0 Å². The summed E-state index contributed by atoms with van der Waals surface area (Å²) in [6.45, 7) is 1.78. The van der Waals surface area contributed by atoms with Gasteiger partial charge in [-0.15, -0.1) is 0 Å². The average Bonchev–Trinajstić information content (AvgIpc) is 2.79. The third kappa shape index (κ3) is 10.0. The first-order valence-electron chi connectivity index (χ1n) is 10.1. The first-order valence-corrected chi connectivity index (χ1v) is 11.3. The third-order valence-electron chi connectivity index (χ3n) is 4.20. The van der Waals surface area contributed by atoms with E-state index >= 15 is 0 Å². The molecule has 0 aromatic heterocycles. The number of ether oxygens (including phenoxy) is 2. The maximum Gasteiger partial charge on any atom is 0.408 e. The van der Waals surface area contributed by atoms with Gasteiger partial charge in [0.15, 0.2) is 0 Å². The van der Waals surface area contributed by atoms with Gasteiger partial charge in [-0.3, -0.25) is 9.59 Å². The van der Waals surface area contributed by atoms with E-state index in [1.807, 2.05) is 60.7 Å². The predicted octanol–water partition coefficient (Wildman–Crippen LogP) is 3.28. The molecule has 1 unspecified atom stereocenters. The predicted molar refractivity (Wildman–Crippen MR) is 120 cm³/mol. The van der Waals surface area contributed by atoms with E-state index in [0.29, 0.717) is 12.2 Å². The van der Waals surface area contributed by atoms with Crippen molar-refractivity contribution in [2.45, 2.75) is 31.7 Å². The van der Waals surface area contributed by atoms with Gasteiger partial charge in [-0.25, -0.2) is 4.79 Å². The molecule has 2 N–H and O–H groups in total. The minimum Gasteiger partial charge on any atom is -0.465 e. The molecule has 0 saturated carbocycles. The lowest BCUT2D eigenvalue weighted by Gasteiger charge is -2.18. The molecule has 2 rings (SSSR count). The number of carbonyl (C=O) groups is 3. The highest BCUT2D eigenvalue weighted by molar-refractivity contribution is 7.98. The van der Waals surface area contributed by atoms with Crippen LogP contribution in [0.25, 0.3) is 0 Å². The Kier molecular flexibility index (Phi) is 11.0. The molecule has 166 valence electrons. The van der Waals surface area contributed by atoms with E-state index < -0.39 is 24.0 Å². The largest absolute Gasteiger partial charge is 0.465 e. The van der Waals surface area contributed by atoms with E-state index in [1.165, 1.54) is 5.56 Å². The van der Waals surface area contributed by atoms with Gasteiger partial charge in [-0.1, -0.05) is 60.7 Å². The molecule has 0 fully saturated rings. The van der Waals surface area contributed by atoms with E-state index in [4.69, 9.17) is 9.47 Å². The summed E-state index contributed by atoms with van der Waals surface area (Å²) in [7, 11) is 0. The number of nitrogens with one attached hydrogen (secondary N) is 2. The quantitative estimate of drug-likeness (QED) is 0.385.